The Balaban J connectivity index is 1.68. The number of carbonyl (C=O) groups is 2. The Bertz CT molecular complexity index is 1270. The van der Waals surface area contributed by atoms with Crippen LogP contribution in [0.5, 0.6) is 0 Å². The van der Waals surface area contributed by atoms with Crippen LogP contribution in [0.25, 0.3) is 22.4 Å². The van der Waals surface area contributed by atoms with E-state index >= 15 is 0 Å². The van der Waals surface area contributed by atoms with E-state index in [2.05, 4.69) is 10.3 Å². The lowest BCUT2D eigenvalue weighted by atomic mass is 10.2. The molecule has 0 unspecified atom stereocenters. The minimum absolute atomic E-state index is 0.0102. The standard InChI is InChI=1S/C22H16Cl2N4O2/c23-16-5-3-4-15(20(16)24)22-27-17-6-1-2-7-18(17)28(22)12-19(29)26-14-10-8-13(9-11-14)21(25)30/h1-11H,12H2,(H2,25,30)(H,26,29). The number of fused-ring (bicyclic) bond motifs is 1. The molecule has 6 nitrogen and oxygen atoms in total. The predicted octanol–water partition coefficient (Wildman–Crippen LogP) is 4.75. The zero-order valence-electron chi connectivity index (χ0n) is 15.6. The van der Waals surface area contributed by atoms with Crippen LogP contribution >= 0.6 is 23.2 Å². The van der Waals surface area contributed by atoms with E-state index in [0.717, 1.165) is 11.0 Å². The Kier molecular flexibility index (Phi) is 5.44. The molecule has 2 amide bonds. The molecule has 30 heavy (non-hydrogen) atoms. The van der Waals surface area contributed by atoms with Crippen molar-refractivity contribution in [3.63, 3.8) is 0 Å². The van der Waals surface area contributed by atoms with E-state index in [0.29, 0.717) is 32.7 Å². The number of benzene rings is 3. The minimum Gasteiger partial charge on any atom is -0.366 e. The zero-order valence-corrected chi connectivity index (χ0v) is 17.1. The minimum atomic E-state index is -0.527. The number of para-hydroxylation sites is 2. The fraction of sp³-hybridized carbons (Fsp3) is 0.0455. The number of anilines is 1. The molecule has 0 bridgehead atoms. The normalized spacial score (nSPS) is 10.9. The van der Waals surface area contributed by atoms with Crippen LogP contribution in [0.4, 0.5) is 5.69 Å². The number of halogens is 2. The third-order valence-corrected chi connectivity index (χ3v) is 5.42. The van der Waals surface area contributed by atoms with E-state index in [9.17, 15) is 9.59 Å². The van der Waals surface area contributed by atoms with Crippen LogP contribution < -0.4 is 11.1 Å². The molecule has 0 saturated heterocycles. The first kappa shape index (κ1) is 19.9. The van der Waals surface area contributed by atoms with Crippen LogP contribution in [-0.4, -0.2) is 21.4 Å². The second-order valence-electron chi connectivity index (χ2n) is 6.60. The maximum absolute atomic E-state index is 12.8. The van der Waals surface area contributed by atoms with Crippen molar-refractivity contribution in [2.45, 2.75) is 6.54 Å². The highest BCUT2D eigenvalue weighted by Crippen LogP contribution is 2.34. The van der Waals surface area contributed by atoms with E-state index in [4.69, 9.17) is 28.9 Å². The maximum atomic E-state index is 12.8. The third kappa shape index (κ3) is 3.87. The van der Waals surface area contributed by atoms with Crippen molar-refractivity contribution in [1.29, 1.82) is 0 Å². The summed E-state index contributed by atoms with van der Waals surface area (Å²) in [6.45, 7) is 0.0102. The van der Waals surface area contributed by atoms with Crippen molar-refractivity contribution in [2.75, 3.05) is 5.32 Å². The molecule has 3 N–H and O–H groups in total. The van der Waals surface area contributed by atoms with Crippen LogP contribution in [-0.2, 0) is 11.3 Å². The lowest BCUT2D eigenvalue weighted by molar-refractivity contribution is -0.116. The summed E-state index contributed by atoms with van der Waals surface area (Å²) in [5, 5.41) is 3.60. The molecular weight excluding hydrogens is 423 g/mol. The van der Waals surface area contributed by atoms with Gasteiger partial charge in [-0.05, 0) is 48.5 Å². The monoisotopic (exact) mass is 438 g/mol. The van der Waals surface area contributed by atoms with Gasteiger partial charge in [-0.2, -0.15) is 0 Å². The van der Waals surface area contributed by atoms with Crippen molar-refractivity contribution in [3.8, 4) is 11.4 Å². The van der Waals surface area contributed by atoms with Crippen molar-refractivity contribution >= 4 is 51.7 Å². The summed E-state index contributed by atoms with van der Waals surface area (Å²) in [7, 11) is 0. The number of rotatable bonds is 5. The van der Waals surface area contributed by atoms with Gasteiger partial charge in [-0.3, -0.25) is 9.59 Å². The van der Waals surface area contributed by atoms with E-state index in [1.165, 1.54) is 0 Å². The molecule has 0 fully saturated rings. The highest BCUT2D eigenvalue weighted by atomic mass is 35.5. The highest BCUT2D eigenvalue weighted by Gasteiger charge is 2.18. The quantitative estimate of drug-likeness (QED) is 0.470. The first-order chi connectivity index (χ1) is 14.4. The molecule has 0 aliphatic rings. The summed E-state index contributed by atoms with van der Waals surface area (Å²) < 4.78 is 1.79. The summed E-state index contributed by atoms with van der Waals surface area (Å²) >= 11 is 12.6. The van der Waals surface area contributed by atoms with Crippen molar-refractivity contribution in [1.82, 2.24) is 9.55 Å². The van der Waals surface area contributed by atoms with Crippen molar-refractivity contribution in [3.05, 3.63) is 82.3 Å². The van der Waals surface area contributed by atoms with Gasteiger partial charge in [0.25, 0.3) is 0 Å². The maximum Gasteiger partial charge on any atom is 0.248 e. The fourth-order valence-electron chi connectivity index (χ4n) is 3.18. The topological polar surface area (TPSA) is 90.0 Å². The largest absolute Gasteiger partial charge is 0.366 e. The molecular formula is C22H16Cl2N4O2. The highest BCUT2D eigenvalue weighted by molar-refractivity contribution is 6.43. The summed E-state index contributed by atoms with van der Waals surface area (Å²) in [4.78, 5) is 28.6. The molecule has 3 aromatic carbocycles. The summed E-state index contributed by atoms with van der Waals surface area (Å²) in [6.07, 6.45) is 0. The second-order valence-corrected chi connectivity index (χ2v) is 7.39. The predicted molar refractivity (Wildman–Crippen MR) is 119 cm³/mol. The van der Waals surface area contributed by atoms with Gasteiger partial charge < -0.3 is 15.6 Å². The number of imidazole rings is 1. The SMILES string of the molecule is NC(=O)c1ccc(NC(=O)Cn2c(-c3cccc(Cl)c3Cl)nc3ccccc32)cc1. The van der Waals surface area contributed by atoms with Crippen LogP contribution in [0, 0.1) is 0 Å². The average molecular weight is 439 g/mol. The number of nitrogens with zero attached hydrogens (tertiary/aromatic N) is 2. The summed E-state index contributed by atoms with van der Waals surface area (Å²) in [5.74, 6) is -0.242. The van der Waals surface area contributed by atoms with Gasteiger partial charge in [0.2, 0.25) is 11.8 Å². The van der Waals surface area contributed by atoms with Gasteiger partial charge in [-0.25, -0.2) is 4.98 Å². The molecule has 150 valence electrons. The van der Waals surface area contributed by atoms with Gasteiger partial charge in [0, 0.05) is 16.8 Å². The van der Waals surface area contributed by atoms with Gasteiger partial charge >= 0.3 is 0 Å². The average Bonchev–Trinajstić information content (AvgIpc) is 3.08. The molecule has 0 atom stereocenters. The molecule has 8 heteroatoms. The molecule has 1 aromatic heterocycles. The number of aromatic nitrogens is 2. The van der Waals surface area contributed by atoms with Gasteiger partial charge in [-0.1, -0.05) is 41.4 Å². The number of nitrogens with two attached hydrogens (primary N) is 1. The molecule has 1 heterocycles. The van der Waals surface area contributed by atoms with Crippen LogP contribution in [0.3, 0.4) is 0 Å². The molecule has 0 radical (unpaired) electrons. The van der Waals surface area contributed by atoms with Crippen LogP contribution in [0.1, 0.15) is 10.4 Å². The Labute approximate surface area is 182 Å². The summed E-state index contributed by atoms with van der Waals surface area (Å²) in [6, 6.07) is 19.2. The van der Waals surface area contributed by atoms with Crippen molar-refractivity contribution < 1.29 is 9.59 Å². The van der Waals surface area contributed by atoms with E-state index in [1.54, 1.807) is 41.0 Å². The molecule has 0 aliphatic carbocycles. The summed E-state index contributed by atoms with van der Waals surface area (Å²) in [5.41, 5.74) is 8.34. The Morgan fingerprint density at radius 2 is 1.70 bits per heavy atom. The number of amides is 2. The van der Waals surface area contributed by atoms with Crippen molar-refractivity contribution in [2.24, 2.45) is 5.73 Å². The number of hydrogen-bond donors (Lipinski definition) is 2. The zero-order chi connectivity index (χ0) is 21.3. The molecule has 0 spiro atoms. The molecule has 0 aliphatic heterocycles. The number of nitrogens with one attached hydrogen (secondary N) is 1. The number of hydrogen-bond acceptors (Lipinski definition) is 3. The van der Waals surface area contributed by atoms with Gasteiger partial charge in [-0.15, -0.1) is 0 Å². The van der Waals surface area contributed by atoms with Crippen LogP contribution in [0.2, 0.25) is 10.0 Å². The van der Waals surface area contributed by atoms with Gasteiger partial charge in [0.05, 0.1) is 21.1 Å². The molecule has 4 aromatic rings. The Morgan fingerprint density at radius 3 is 2.43 bits per heavy atom. The van der Waals surface area contributed by atoms with E-state index in [-0.39, 0.29) is 12.5 Å². The lowest BCUT2D eigenvalue weighted by Crippen LogP contribution is -2.19. The Hall–Kier alpha value is -3.35. The number of primary amides is 1. The molecule has 4 rings (SSSR count). The third-order valence-electron chi connectivity index (χ3n) is 4.60. The van der Waals surface area contributed by atoms with E-state index in [1.807, 2.05) is 30.3 Å². The Morgan fingerprint density at radius 1 is 0.967 bits per heavy atom. The second kappa shape index (κ2) is 8.18. The first-order valence-electron chi connectivity index (χ1n) is 9.03. The smallest absolute Gasteiger partial charge is 0.248 e. The van der Waals surface area contributed by atoms with E-state index < -0.39 is 5.91 Å². The van der Waals surface area contributed by atoms with Gasteiger partial charge in [0.1, 0.15) is 12.4 Å². The van der Waals surface area contributed by atoms with Gasteiger partial charge in [0.15, 0.2) is 0 Å². The molecule has 0 saturated carbocycles. The number of carbonyl (C=O) groups excluding carboxylic acids is 2. The van der Waals surface area contributed by atoms with Crippen LogP contribution in [0.15, 0.2) is 66.7 Å². The first-order valence-corrected chi connectivity index (χ1v) is 9.79. The lowest BCUT2D eigenvalue weighted by Gasteiger charge is -2.12. The fourth-order valence-corrected chi connectivity index (χ4v) is 3.56.